The molecule has 1 aliphatic carbocycles. The molecule has 0 aliphatic heterocycles. The second kappa shape index (κ2) is 5.96. The molecule has 5 aromatic rings. The third-order valence-electron chi connectivity index (χ3n) is 5.38. The first-order valence-corrected chi connectivity index (χ1v) is 10.2. The molecule has 2 heterocycles. The summed E-state index contributed by atoms with van der Waals surface area (Å²) in [6, 6.07) is 23.8. The van der Waals surface area contributed by atoms with Gasteiger partial charge in [0, 0.05) is 16.7 Å². The Kier molecular flexibility index (Phi) is 3.37. The molecular weight excluding hydrogens is 378 g/mol. The summed E-state index contributed by atoms with van der Waals surface area (Å²) < 4.78 is 2.97. The molecule has 0 saturated carbocycles. The molecule has 0 fully saturated rings. The SMILES string of the molecule is Cc1cccc2sc(-n3nc(-c4ccccc4)c4c3-c3ccccc3C4=O)nc12. The van der Waals surface area contributed by atoms with Crippen LogP contribution in [0.5, 0.6) is 0 Å². The van der Waals surface area contributed by atoms with Crippen molar-refractivity contribution >= 4 is 27.3 Å². The Balaban J connectivity index is 1.69. The van der Waals surface area contributed by atoms with Crippen LogP contribution < -0.4 is 0 Å². The Morgan fingerprint density at radius 2 is 1.62 bits per heavy atom. The molecule has 0 amide bonds. The van der Waals surface area contributed by atoms with Crippen molar-refractivity contribution in [1.82, 2.24) is 14.8 Å². The van der Waals surface area contributed by atoms with Crippen molar-refractivity contribution < 1.29 is 4.79 Å². The highest BCUT2D eigenvalue weighted by atomic mass is 32.1. The van der Waals surface area contributed by atoms with Crippen molar-refractivity contribution in [1.29, 1.82) is 0 Å². The molecule has 138 valence electrons. The zero-order chi connectivity index (χ0) is 19.5. The highest BCUT2D eigenvalue weighted by Gasteiger charge is 2.35. The van der Waals surface area contributed by atoms with Crippen molar-refractivity contribution in [2.45, 2.75) is 6.92 Å². The quantitative estimate of drug-likeness (QED) is 0.381. The van der Waals surface area contributed by atoms with Gasteiger partial charge in [-0.25, -0.2) is 9.67 Å². The van der Waals surface area contributed by atoms with Gasteiger partial charge in [-0.3, -0.25) is 4.79 Å². The van der Waals surface area contributed by atoms with Gasteiger partial charge in [-0.2, -0.15) is 5.10 Å². The third kappa shape index (κ3) is 2.28. The van der Waals surface area contributed by atoms with E-state index >= 15 is 0 Å². The minimum Gasteiger partial charge on any atom is -0.288 e. The summed E-state index contributed by atoms with van der Waals surface area (Å²) in [5, 5.41) is 5.67. The van der Waals surface area contributed by atoms with Crippen molar-refractivity contribution in [3.63, 3.8) is 0 Å². The zero-order valence-electron chi connectivity index (χ0n) is 15.6. The fraction of sp³-hybridized carbons (Fsp3) is 0.0417. The fourth-order valence-corrected chi connectivity index (χ4v) is 5.01. The Bertz CT molecular complexity index is 1430. The summed E-state index contributed by atoms with van der Waals surface area (Å²) in [6.07, 6.45) is 0. The molecule has 2 aromatic heterocycles. The van der Waals surface area contributed by atoms with Gasteiger partial charge in [0.2, 0.25) is 5.13 Å². The number of nitrogens with zero attached hydrogens (tertiary/aromatic N) is 3. The van der Waals surface area contributed by atoms with E-state index in [1.165, 1.54) is 0 Å². The maximum atomic E-state index is 13.3. The van der Waals surface area contributed by atoms with Gasteiger partial charge in [0.25, 0.3) is 0 Å². The highest BCUT2D eigenvalue weighted by molar-refractivity contribution is 7.20. The molecule has 0 spiro atoms. The van der Waals surface area contributed by atoms with Crippen LogP contribution in [0.15, 0.2) is 72.8 Å². The largest absolute Gasteiger partial charge is 0.288 e. The summed E-state index contributed by atoms with van der Waals surface area (Å²) in [6.45, 7) is 2.06. The molecule has 29 heavy (non-hydrogen) atoms. The monoisotopic (exact) mass is 393 g/mol. The van der Waals surface area contributed by atoms with Gasteiger partial charge in [0.15, 0.2) is 5.78 Å². The van der Waals surface area contributed by atoms with E-state index in [0.717, 1.165) is 43.3 Å². The number of ketones is 1. The third-order valence-corrected chi connectivity index (χ3v) is 6.37. The van der Waals surface area contributed by atoms with Crippen molar-refractivity contribution in [3.8, 4) is 27.6 Å². The lowest BCUT2D eigenvalue weighted by Crippen LogP contribution is -2.00. The molecule has 0 atom stereocenters. The van der Waals surface area contributed by atoms with Crippen LogP contribution in [0.4, 0.5) is 0 Å². The van der Waals surface area contributed by atoms with Crippen LogP contribution in [-0.4, -0.2) is 20.5 Å². The molecular formula is C24H15N3OS. The first-order valence-electron chi connectivity index (χ1n) is 9.41. The number of thiazole rings is 1. The smallest absolute Gasteiger partial charge is 0.212 e. The van der Waals surface area contributed by atoms with Crippen molar-refractivity contribution in [3.05, 3.63) is 89.5 Å². The van der Waals surface area contributed by atoms with Crippen LogP contribution in [0, 0.1) is 6.92 Å². The maximum absolute atomic E-state index is 13.3. The molecule has 3 aromatic carbocycles. The Morgan fingerprint density at radius 3 is 2.41 bits per heavy atom. The standard InChI is InChI=1S/C24H15N3OS/c1-14-8-7-13-18-20(14)25-24(29-18)27-22-16-11-5-6-12-17(16)23(28)19(22)21(26-27)15-9-3-2-4-10-15/h2-13H,1H3. The average molecular weight is 393 g/mol. The van der Waals surface area contributed by atoms with Crippen molar-refractivity contribution in [2.75, 3.05) is 0 Å². The summed E-state index contributed by atoms with van der Waals surface area (Å²) in [5.74, 6) is 0.0259. The number of aryl methyl sites for hydroxylation is 1. The van der Waals surface area contributed by atoms with Crippen LogP contribution in [0.1, 0.15) is 21.5 Å². The number of benzene rings is 3. The van der Waals surface area contributed by atoms with Gasteiger partial charge in [-0.1, -0.05) is 78.1 Å². The fourth-order valence-electron chi connectivity index (χ4n) is 4.01. The number of aromatic nitrogens is 3. The normalized spacial score (nSPS) is 12.4. The lowest BCUT2D eigenvalue weighted by Gasteiger charge is -2.03. The minimum atomic E-state index is 0.0259. The molecule has 0 unspecified atom stereocenters. The van der Waals surface area contributed by atoms with Gasteiger partial charge in [-0.15, -0.1) is 0 Å². The second-order valence-electron chi connectivity index (χ2n) is 7.14. The minimum absolute atomic E-state index is 0.0259. The molecule has 0 bridgehead atoms. The molecule has 0 N–H and O–H groups in total. The van der Waals surface area contributed by atoms with E-state index in [-0.39, 0.29) is 5.78 Å². The number of carbonyl (C=O) groups excluding carboxylic acids is 1. The van der Waals surface area contributed by atoms with Crippen LogP contribution in [0.3, 0.4) is 0 Å². The average Bonchev–Trinajstić information content (AvgIpc) is 3.43. The van der Waals surface area contributed by atoms with Crippen LogP contribution in [-0.2, 0) is 0 Å². The number of hydrogen-bond acceptors (Lipinski definition) is 4. The van der Waals surface area contributed by atoms with Crippen LogP contribution in [0.2, 0.25) is 0 Å². The number of fused-ring (bicyclic) bond motifs is 4. The highest BCUT2D eigenvalue weighted by Crippen LogP contribution is 2.43. The Hall–Kier alpha value is -3.57. The molecule has 0 saturated heterocycles. The van der Waals surface area contributed by atoms with Gasteiger partial charge in [-0.05, 0) is 18.6 Å². The van der Waals surface area contributed by atoms with Gasteiger partial charge in [0.05, 0.1) is 21.5 Å². The Morgan fingerprint density at radius 1 is 0.862 bits per heavy atom. The van der Waals surface area contributed by atoms with Crippen molar-refractivity contribution in [2.24, 2.45) is 0 Å². The second-order valence-corrected chi connectivity index (χ2v) is 8.15. The molecule has 6 rings (SSSR count). The van der Waals surface area contributed by atoms with E-state index in [1.807, 2.05) is 65.3 Å². The summed E-state index contributed by atoms with van der Waals surface area (Å²) in [5.41, 5.74) is 6.89. The molecule has 1 aliphatic rings. The number of carbonyl (C=O) groups is 1. The van der Waals surface area contributed by atoms with Crippen LogP contribution in [0.25, 0.3) is 37.9 Å². The Labute approximate surface area is 171 Å². The topological polar surface area (TPSA) is 47.8 Å². The first kappa shape index (κ1) is 16.4. The van der Waals surface area contributed by atoms with E-state index in [9.17, 15) is 4.79 Å². The summed E-state index contributed by atoms with van der Waals surface area (Å²) in [7, 11) is 0. The summed E-state index contributed by atoms with van der Waals surface area (Å²) in [4.78, 5) is 18.2. The van der Waals surface area contributed by atoms with Gasteiger partial charge >= 0.3 is 0 Å². The van der Waals surface area contributed by atoms with Gasteiger partial charge < -0.3 is 0 Å². The maximum Gasteiger partial charge on any atom is 0.212 e. The number of para-hydroxylation sites is 1. The first-order chi connectivity index (χ1) is 14.2. The number of rotatable bonds is 2. The zero-order valence-corrected chi connectivity index (χ0v) is 16.4. The predicted octanol–water partition coefficient (Wildman–Crippen LogP) is 5.67. The lowest BCUT2D eigenvalue weighted by atomic mass is 10.0. The van der Waals surface area contributed by atoms with E-state index in [1.54, 1.807) is 11.3 Å². The predicted molar refractivity (Wildman–Crippen MR) is 116 cm³/mol. The molecule has 5 heteroatoms. The molecule has 0 radical (unpaired) electrons. The van der Waals surface area contributed by atoms with Gasteiger partial charge in [0.1, 0.15) is 5.69 Å². The lowest BCUT2D eigenvalue weighted by molar-refractivity contribution is 0.104. The van der Waals surface area contributed by atoms with E-state index in [4.69, 9.17) is 10.1 Å². The van der Waals surface area contributed by atoms with E-state index in [0.29, 0.717) is 11.3 Å². The van der Waals surface area contributed by atoms with Crippen LogP contribution >= 0.6 is 11.3 Å². The van der Waals surface area contributed by atoms with E-state index < -0.39 is 0 Å². The van der Waals surface area contributed by atoms with E-state index in [2.05, 4.69) is 19.1 Å². The molecule has 4 nitrogen and oxygen atoms in total. The number of hydrogen-bond donors (Lipinski definition) is 0. The summed E-state index contributed by atoms with van der Waals surface area (Å²) >= 11 is 1.59.